The third kappa shape index (κ3) is 5.34. The Hall–Kier alpha value is -4.82. The van der Waals surface area contributed by atoms with Crippen molar-refractivity contribution in [3.05, 3.63) is 145 Å². The average Bonchev–Trinajstić information content (AvgIpc) is 3.01. The molecular weight excluding hydrogens is 488 g/mol. The van der Waals surface area contributed by atoms with Gasteiger partial charge < -0.3 is 9.47 Å². The third-order valence-electron chi connectivity index (χ3n) is 7.21. The summed E-state index contributed by atoms with van der Waals surface area (Å²) in [5, 5.41) is 2.39. The normalized spacial score (nSPS) is 10.9. The van der Waals surface area contributed by atoms with Crippen LogP contribution in [0.25, 0.3) is 44.2 Å². The molecule has 0 unspecified atom stereocenters. The van der Waals surface area contributed by atoms with E-state index < -0.39 is 0 Å². The van der Waals surface area contributed by atoms with E-state index in [1.165, 1.54) is 27.5 Å². The highest BCUT2D eigenvalue weighted by molar-refractivity contribution is 6.01. The minimum atomic E-state index is 0.525. The van der Waals surface area contributed by atoms with Crippen LogP contribution in [-0.4, -0.2) is 6.61 Å². The van der Waals surface area contributed by atoms with Crippen molar-refractivity contribution < 1.29 is 9.47 Å². The average molecular weight is 521 g/mol. The van der Waals surface area contributed by atoms with Gasteiger partial charge in [-0.05, 0) is 82.3 Å². The van der Waals surface area contributed by atoms with Crippen LogP contribution in [0.1, 0.15) is 18.1 Å². The van der Waals surface area contributed by atoms with Crippen molar-refractivity contribution in [3.63, 3.8) is 0 Å². The molecule has 6 aromatic carbocycles. The molecule has 0 saturated carbocycles. The Morgan fingerprint density at radius 1 is 0.500 bits per heavy atom. The van der Waals surface area contributed by atoms with Crippen LogP contribution in [0, 0.1) is 6.92 Å². The van der Waals surface area contributed by atoms with Gasteiger partial charge in [-0.15, -0.1) is 0 Å². The molecule has 0 bridgehead atoms. The van der Waals surface area contributed by atoms with Crippen LogP contribution in [0.5, 0.6) is 11.5 Å². The summed E-state index contributed by atoms with van der Waals surface area (Å²) in [5.41, 5.74) is 9.19. The van der Waals surface area contributed by atoms with E-state index in [4.69, 9.17) is 9.47 Å². The number of aryl methyl sites for hydroxylation is 1. The van der Waals surface area contributed by atoms with Gasteiger partial charge in [0.15, 0.2) is 0 Å². The second-order valence-electron chi connectivity index (χ2n) is 10.0. The number of benzene rings is 6. The van der Waals surface area contributed by atoms with Crippen LogP contribution in [0.15, 0.2) is 133 Å². The van der Waals surface area contributed by atoms with E-state index in [1.807, 2.05) is 37.3 Å². The maximum atomic E-state index is 6.38. The number of hydrogen-bond donors (Lipinski definition) is 0. The van der Waals surface area contributed by atoms with Crippen LogP contribution in [0.4, 0.5) is 0 Å². The van der Waals surface area contributed by atoms with Gasteiger partial charge in [0.2, 0.25) is 0 Å². The van der Waals surface area contributed by atoms with E-state index >= 15 is 0 Å². The van der Waals surface area contributed by atoms with E-state index in [0.717, 1.165) is 39.3 Å². The van der Waals surface area contributed by atoms with Crippen LogP contribution in [0.2, 0.25) is 0 Å². The fourth-order valence-corrected chi connectivity index (χ4v) is 5.30. The van der Waals surface area contributed by atoms with E-state index in [0.29, 0.717) is 13.2 Å². The summed E-state index contributed by atoms with van der Waals surface area (Å²) < 4.78 is 12.5. The van der Waals surface area contributed by atoms with Crippen LogP contribution in [0.3, 0.4) is 0 Å². The molecule has 196 valence electrons. The summed E-state index contributed by atoms with van der Waals surface area (Å²) in [7, 11) is 0. The molecule has 0 spiro atoms. The zero-order valence-electron chi connectivity index (χ0n) is 22.9. The minimum Gasteiger partial charge on any atom is -0.493 e. The molecule has 0 fully saturated rings. The van der Waals surface area contributed by atoms with Gasteiger partial charge in [-0.25, -0.2) is 0 Å². The standard InChI is InChI=1S/C38H32O2/c1-3-39-38-21-20-30(29-14-8-5-9-15-29)24-35(38)32-19-18-31-22-27(2)23-36(34(31)25-32)33-16-10-11-17-37(33)40-26-28-12-6-4-7-13-28/h4-25H,3,26H2,1-2H3. The first-order valence-corrected chi connectivity index (χ1v) is 13.8. The first-order chi connectivity index (χ1) is 19.7. The van der Waals surface area contributed by atoms with Crippen molar-refractivity contribution in [1.82, 2.24) is 0 Å². The fourth-order valence-electron chi connectivity index (χ4n) is 5.30. The molecule has 6 aromatic rings. The molecule has 0 aromatic heterocycles. The molecule has 0 aliphatic rings. The van der Waals surface area contributed by atoms with Crippen LogP contribution in [-0.2, 0) is 6.61 Å². The lowest BCUT2D eigenvalue weighted by Crippen LogP contribution is -1.97. The van der Waals surface area contributed by atoms with Gasteiger partial charge >= 0.3 is 0 Å². The van der Waals surface area contributed by atoms with Gasteiger partial charge in [0.1, 0.15) is 18.1 Å². The lowest BCUT2D eigenvalue weighted by Gasteiger charge is -2.17. The van der Waals surface area contributed by atoms with Gasteiger partial charge in [0.25, 0.3) is 0 Å². The smallest absolute Gasteiger partial charge is 0.127 e. The molecule has 0 amide bonds. The highest BCUT2D eigenvalue weighted by Crippen LogP contribution is 2.40. The number of fused-ring (bicyclic) bond motifs is 1. The summed E-state index contributed by atoms with van der Waals surface area (Å²) in [6.07, 6.45) is 0. The van der Waals surface area contributed by atoms with Gasteiger partial charge in [0.05, 0.1) is 6.61 Å². The topological polar surface area (TPSA) is 18.5 Å². The highest BCUT2D eigenvalue weighted by atomic mass is 16.5. The largest absolute Gasteiger partial charge is 0.493 e. The Morgan fingerprint density at radius 3 is 2.00 bits per heavy atom. The molecule has 2 heteroatoms. The zero-order valence-corrected chi connectivity index (χ0v) is 22.9. The minimum absolute atomic E-state index is 0.525. The number of hydrogen-bond acceptors (Lipinski definition) is 2. The molecule has 0 N–H and O–H groups in total. The number of ether oxygens (including phenoxy) is 2. The molecule has 0 atom stereocenters. The van der Waals surface area contributed by atoms with Gasteiger partial charge in [-0.1, -0.05) is 109 Å². The lowest BCUT2D eigenvalue weighted by atomic mass is 9.91. The molecule has 0 aliphatic heterocycles. The number of rotatable bonds is 8. The van der Waals surface area contributed by atoms with Crippen molar-refractivity contribution in [3.8, 4) is 44.9 Å². The molecule has 0 radical (unpaired) electrons. The Labute approximate surface area is 236 Å². The van der Waals surface area contributed by atoms with E-state index in [-0.39, 0.29) is 0 Å². The van der Waals surface area contributed by atoms with Crippen molar-refractivity contribution >= 4 is 10.8 Å². The fraction of sp³-hybridized carbons (Fsp3) is 0.105. The second kappa shape index (κ2) is 11.5. The quantitative estimate of drug-likeness (QED) is 0.199. The van der Waals surface area contributed by atoms with Gasteiger partial charge in [-0.3, -0.25) is 0 Å². The Bertz CT molecular complexity index is 1750. The molecule has 0 aliphatic carbocycles. The Balaban J connectivity index is 1.47. The van der Waals surface area contributed by atoms with Crippen LogP contribution >= 0.6 is 0 Å². The van der Waals surface area contributed by atoms with E-state index in [1.54, 1.807) is 0 Å². The first-order valence-electron chi connectivity index (χ1n) is 13.8. The monoisotopic (exact) mass is 520 g/mol. The summed E-state index contributed by atoms with van der Waals surface area (Å²) in [5.74, 6) is 1.77. The molecule has 0 saturated heterocycles. The van der Waals surface area contributed by atoms with Crippen LogP contribution < -0.4 is 9.47 Å². The second-order valence-corrected chi connectivity index (χ2v) is 10.0. The molecule has 0 heterocycles. The van der Waals surface area contributed by atoms with Gasteiger partial charge in [0, 0.05) is 11.1 Å². The highest BCUT2D eigenvalue weighted by Gasteiger charge is 2.14. The summed E-state index contributed by atoms with van der Waals surface area (Å²) in [6, 6.07) is 46.8. The Kier molecular flexibility index (Phi) is 7.32. The van der Waals surface area contributed by atoms with Crippen molar-refractivity contribution in [2.24, 2.45) is 0 Å². The zero-order chi connectivity index (χ0) is 27.3. The first kappa shape index (κ1) is 25.5. The maximum absolute atomic E-state index is 6.38. The SMILES string of the molecule is CCOc1ccc(-c2ccccc2)cc1-c1ccc2cc(C)cc(-c3ccccc3OCc3ccccc3)c2c1. The predicted octanol–water partition coefficient (Wildman–Crippen LogP) is 10.1. The molecule has 2 nitrogen and oxygen atoms in total. The molecule has 6 rings (SSSR count). The predicted molar refractivity (Wildman–Crippen MR) is 167 cm³/mol. The molecule has 40 heavy (non-hydrogen) atoms. The van der Waals surface area contributed by atoms with Crippen molar-refractivity contribution in [2.75, 3.05) is 6.61 Å². The Morgan fingerprint density at radius 2 is 1.20 bits per heavy atom. The van der Waals surface area contributed by atoms with Crippen molar-refractivity contribution in [1.29, 1.82) is 0 Å². The van der Waals surface area contributed by atoms with Crippen molar-refractivity contribution in [2.45, 2.75) is 20.5 Å². The van der Waals surface area contributed by atoms with E-state index in [2.05, 4.69) is 110 Å². The summed E-state index contributed by atoms with van der Waals surface area (Å²) >= 11 is 0. The van der Waals surface area contributed by atoms with E-state index in [9.17, 15) is 0 Å². The maximum Gasteiger partial charge on any atom is 0.127 e. The lowest BCUT2D eigenvalue weighted by molar-refractivity contribution is 0.307. The van der Waals surface area contributed by atoms with Gasteiger partial charge in [-0.2, -0.15) is 0 Å². The summed E-state index contributed by atoms with van der Waals surface area (Å²) in [6.45, 7) is 5.32. The number of para-hydroxylation sites is 1. The third-order valence-corrected chi connectivity index (χ3v) is 7.21. The molecular formula is C38H32O2. The summed E-state index contributed by atoms with van der Waals surface area (Å²) in [4.78, 5) is 0.